The highest BCUT2D eigenvalue weighted by molar-refractivity contribution is 7.90. The minimum Gasteiger partial charge on any atom is -0.336 e. The molecule has 0 aliphatic carbocycles. The second-order valence-corrected chi connectivity index (χ2v) is 7.06. The number of hydrogen-bond acceptors (Lipinski definition) is 5. The first-order valence-electron chi connectivity index (χ1n) is 7.18. The van der Waals surface area contributed by atoms with E-state index in [4.69, 9.17) is 0 Å². The van der Waals surface area contributed by atoms with Crippen molar-refractivity contribution in [3.63, 3.8) is 0 Å². The van der Waals surface area contributed by atoms with Crippen LogP contribution in [0.15, 0.2) is 23.1 Å². The standard InChI is InChI=1S/C14H17N3O4S/c1-2-17-14(19)11-4-3-10(9-12(11)22(17,20)21)13(18)16-7-5-15-6-8-16/h3-4,9,15H,2,5-8H2,1H3. The lowest BCUT2D eigenvalue weighted by atomic mass is 10.1. The molecule has 22 heavy (non-hydrogen) atoms. The predicted molar refractivity (Wildman–Crippen MR) is 79.1 cm³/mol. The Kier molecular flexibility index (Phi) is 3.65. The van der Waals surface area contributed by atoms with E-state index in [-0.39, 0.29) is 22.9 Å². The van der Waals surface area contributed by atoms with Gasteiger partial charge < -0.3 is 10.2 Å². The van der Waals surface area contributed by atoms with E-state index in [0.717, 1.165) is 17.4 Å². The van der Waals surface area contributed by atoms with Gasteiger partial charge in [-0.25, -0.2) is 12.7 Å². The Balaban J connectivity index is 1.99. The third-order valence-corrected chi connectivity index (χ3v) is 5.84. The Labute approximate surface area is 128 Å². The molecule has 1 aromatic carbocycles. The zero-order chi connectivity index (χ0) is 15.9. The molecule has 1 fully saturated rings. The van der Waals surface area contributed by atoms with E-state index in [0.29, 0.717) is 18.7 Å². The van der Waals surface area contributed by atoms with Gasteiger partial charge in [0.25, 0.3) is 21.8 Å². The summed E-state index contributed by atoms with van der Waals surface area (Å²) in [6.45, 7) is 4.30. The van der Waals surface area contributed by atoms with Crippen LogP contribution in [0.5, 0.6) is 0 Å². The predicted octanol–water partition coefficient (Wildman–Crippen LogP) is -0.104. The Morgan fingerprint density at radius 2 is 1.95 bits per heavy atom. The number of carbonyl (C=O) groups excluding carboxylic acids is 2. The first-order valence-corrected chi connectivity index (χ1v) is 8.62. The van der Waals surface area contributed by atoms with Gasteiger partial charge in [-0.15, -0.1) is 0 Å². The molecule has 118 valence electrons. The molecule has 1 aromatic rings. The van der Waals surface area contributed by atoms with Crippen LogP contribution in [-0.2, 0) is 10.0 Å². The van der Waals surface area contributed by atoms with E-state index in [1.165, 1.54) is 18.2 Å². The number of rotatable bonds is 2. The van der Waals surface area contributed by atoms with E-state index < -0.39 is 15.9 Å². The van der Waals surface area contributed by atoms with Gasteiger partial charge in [0.05, 0.1) is 5.56 Å². The fourth-order valence-corrected chi connectivity index (χ4v) is 4.37. The Morgan fingerprint density at radius 3 is 2.59 bits per heavy atom. The summed E-state index contributed by atoms with van der Waals surface area (Å²) in [5.74, 6) is -0.736. The van der Waals surface area contributed by atoms with E-state index >= 15 is 0 Å². The van der Waals surface area contributed by atoms with E-state index in [2.05, 4.69) is 5.32 Å². The number of sulfonamides is 1. The molecule has 3 rings (SSSR count). The van der Waals surface area contributed by atoms with Crippen LogP contribution < -0.4 is 5.32 Å². The van der Waals surface area contributed by atoms with Crippen LogP contribution in [0.25, 0.3) is 0 Å². The normalized spacial score (nSPS) is 20.1. The topological polar surface area (TPSA) is 86.8 Å². The van der Waals surface area contributed by atoms with Gasteiger partial charge in [-0.1, -0.05) is 0 Å². The van der Waals surface area contributed by atoms with Gasteiger partial charge in [-0.2, -0.15) is 0 Å². The molecule has 0 unspecified atom stereocenters. The van der Waals surface area contributed by atoms with Gasteiger partial charge in [-0.3, -0.25) is 9.59 Å². The lowest BCUT2D eigenvalue weighted by Crippen LogP contribution is -2.46. The van der Waals surface area contributed by atoms with Crippen LogP contribution in [0.4, 0.5) is 0 Å². The number of hydrogen-bond donors (Lipinski definition) is 1. The van der Waals surface area contributed by atoms with Crippen LogP contribution in [0.1, 0.15) is 27.6 Å². The largest absolute Gasteiger partial charge is 0.336 e. The van der Waals surface area contributed by atoms with Crippen molar-refractivity contribution in [2.45, 2.75) is 11.8 Å². The second-order valence-electron chi connectivity index (χ2n) is 5.23. The number of fused-ring (bicyclic) bond motifs is 1. The molecule has 0 saturated carbocycles. The molecule has 2 aliphatic rings. The molecular formula is C14H17N3O4S. The molecule has 0 radical (unpaired) electrons. The minimum atomic E-state index is -3.83. The maximum atomic E-state index is 12.4. The summed E-state index contributed by atoms with van der Waals surface area (Å²) in [7, 11) is -3.83. The molecule has 0 atom stereocenters. The zero-order valence-electron chi connectivity index (χ0n) is 12.2. The molecule has 7 nitrogen and oxygen atoms in total. The summed E-state index contributed by atoms with van der Waals surface area (Å²) in [4.78, 5) is 26.1. The smallest absolute Gasteiger partial charge is 0.268 e. The van der Waals surface area contributed by atoms with Crippen LogP contribution in [0, 0.1) is 0 Å². The van der Waals surface area contributed by atoms with E-state index in [9.17, 15) is 18.0 Å². The van der Waals surface area contributed by atoms with Gasteiger partial charge in [-0.05, 0) is 25.1 Å². The van der Waals surface area contributed by atoms with E-state index in [1.54, 1.807) is 11.8 Å². The van der Waals surface area contributed by atoms with Crippen LogP contribution in [0.2, 0.25) is 0 Å². The van der Waals surface area contributed by atoms with Crippen LogP contribution >= 0.6 is 0 Å². The molecule has 2 heterocycles. The minimum absolute atomic E-state index is 0.0691. The van der Waals surface area contributed by atoms with Crippen molar-refractivity contribution in [1.29, 1.82) is 0 Å². The SMILES string of the molecule is CCN1C(=O)c2ccc(C(=O)N3CCNCC3)cc2S1(=O)=O. The van der Waals surface area contributed by atoms with Crippen molar-refractivity contribution in [1.82, 2.24) is 14.5 Å². The van der Waals surface area contributed by atoms with Crippen molar-refractivity contribution in [2.24, 2.45) is 0 Å². The summed E-state index contributed by atoms with van der Waals surface area (Å²) < 4.78 is 25.5. The number of nitrogens with zero attached hydrogens (tertiary/aromatic N) is 2. The molecule has 8 heteroatoms. The summed E-state index contributed by atoms with van der Waals surface area (Å²) in [6, 6.07) is 4.28. The lowest BCUT2D eigenvalue weighted by molar-refractivity contribution is 0.0734. The molecular weight excluding hydrogens is 306 g/mol. The zero-order valence-corrected chi connectivity index (χ0v) is 13.0. The van der Waals surface area contributed by atoms with E-state index in [1.807, 2.05) is 0 Å². The molecule has 1 saturated heterocycles. The van der Waals surface area contributed by atoms with Crippen molar-refractivity contribution in [3.05, 3.63) is 29.3 Å². The summed E-state index contributed by atoms with van der Waals surface area (Å²) in [5, 5.41) is 3.15. The maximum Gasteiger partial charge on any atom is 0.268 e. The molecule has 0 aromatic heterocycles. The maximum absolute atomic E-state index is 12.4. The van der Waals surface area contributed by atoms with Crippen LogP contribution in [-0.4, -0.2) is 62.2 Å². The number of amides is 2. The quantitative estimate of drug-likeness (QED) is 0.821. The monoisotopic (exact) mass is 323 g/mol. The second kappa shape index (κ2) is 5.36. The summed E-state index contributed by atoms with van der Waals surface area (Å²) >= 11 is 0. The van der Waals surface area contributed by atoms with Gasteiger partial charge in [0.15, 0.2) is 0 Å². The third-order valence-electron chi connectivity index (χ3n) is 3.94. The third kappa shape index (κ3) is 2.19. The summed E-state index contributed by atoms with van der Waals surface area (Å²) in [6.07, 6.45) is 0. The molecule has 2 aliphatic heterocycles. The highest BCUT2D eigenvalue weighted by Gasteiger charge is 2.40. The van der Waals surface area contributed by atoms with Crippen molar-refractivity contribution < 1.29 is 18.0 Å². The van der Waals surface area contributed by atoms with Gasteiger partial charge >= 0.3 is 0 Å². The van der Waals surface area contributed by atoms with Crippen molar-refractivity contribution >= 4 is 21.8 Å². The Morgan fingerprint density at radius 1 is 1.27 bits per heavy atom. The number of nitrogens with one attached hydrogen (secondary N) is 1. The Hall–Kier alpha value is -1.93. The number of carbonyl (C=O) groups is 2. The molecule has 2 amide bonds. The molecule has 1 N–H and O–H groups in total. The van der Waals surface area contributed by atoms with Crippen molar-refractivity contribution in [3.8, 4) is 0 Å². The van der Waals surface area contributed by atoms with Gasteiger partial charge in [0.1, 0.15) is 4.90 Å². The fraction of sp³-hybridized carbons (Fsp3) is 0.429. The Bertz CT molecular complexity index is 738. The number of benzene rings is 1. The van der Waals surface area contributed by atoms with Gasteiger partial charge in [0.2, 0.25) is 0 Å². The first kappa shape index (κ1) is 15.0. The first-order chi connectivity index (χ1) is 10.5. The average Bonchev–Trinajstić information content (AvgIpc) is 2.73. The van der Waals surface area contributed by atoms with Gasteiger partial charge in [0, 0.05) is 38.3 Å². The highest BCUT2D eigenvalue weighted by Crippen LogP contribution is 2.31. The van der Waals surface area contributed by atoms with Crippen molar-refractivity contribution in [2.75, 3.05) is 32.7 Å². The fourth-order valence-electron chi connectivity index (χ4n) is 2.77. The highest BCUT2D eigenvalue weighted by atomic mass is 32.2. The average molecular weight is 323 g/mol. The summed E-state index contributed by atoms with van der Waals surface area (Å²) in [5.41, 5.74) is 0.439. The van der Waals surface area contributed by atoms with Crippen LogP contribution in [0.3, 0.4) is 0 Å². The lowest BCUT2D eigenvalue weighted by Gasteiger charge is -2.27. The molecule has 0 spiro atoms. The number of piperazine rings is 1. The molecule has 0 bridgehead atoms.